The average molecular weight is 353 g/mol. The Balaban J connectivity index is 1.70. The lowest BCUT2D eigenvalue weighted by Crippen LogP contribution is -2.43. The van der Waals surface area contributed by atoms with Crippen LogP contribution in [0, 0.1) is 5.92 Å². The molecule has 5 nitrogen and oxygen atoms in total. The van der Waals surface area contributed by atoms with Crippen molar-refractivity contribution in [2.45, 2.75) is 70.6 Å². The number of amides is 1. The van der Waals surface area contributed by atoms with Crippen LogP contribution in [-0.2, 0) is 4.74 Å². The summed E-state index contributed by atoms with van der Waals surface area (Å²) in [6, 6.07) is 6.50. The lowest BCUT2D eigenvalue weighted by atomic mass is 9.85. The number of benzene rings is 1. The number of nitrogens with zero attached hydrogens (tertiary/aromatic N) is 2. The van der Waals surface area contributed by atoms with Crippen molar-refractivity contribution in [2.75, 3.05) is 0 Å². The van der Waals surface area contributed by atoms with Gasteiger partial charge in [-0.2, -0.15) is 0 Å². The topological polar surface area (TPSA) is 58.2 Å². The van der Waals surface area contributed by atoms with Crippen molar-refractivity contribution in [2.24, 2.45) is 5.92 Å². The third-order valence-corrected chi connectivity index (χ3v) is 5.66. The highest BCUT2D eigenvalue weighted by Crippen LogP contribution is 2.46. The van der Waals surface area contributed by atoms with E-state index in [1.165, 1.54) is 24.7 Å². The van der Waals surface area contributed by atoms with E-state index in [1.54, 1.807) is 0 Å². The molecule has 0 radical (unpaired) electrons. The van der Waals surface area contributed by atoms with Crippen molar-refractivity contribution >= 4 is 30.4 Å². The summed E-state index contributed by atoms with van der Waals surface area (Å²) in [6.07, 6.45) is 5.48. The Morgan fingerprint density at radius 1 is 1.31 bits per heavy atom. The van der Waals surface area contributed by atoms with E-state index in [-0.39, 0.29) is 18.2 Å². The van der Waals surface area contributed by atoms with Crippen molar-refractivity contribution in [1.29, 1.82) is 0 Å². The van der Waals surface area contributed by atoms with E-state index in [9.17, 15) is 4.79 Å². The van der Waals surface area contributed by atoms with E-state index in [0.717, 1.165) is 29.7 Å². The van der Waals surface area contributed by atoms with Crippen LogP contribution in [0.1, 0.15) is 64.7 Å². The zero-order chi connectivity index (χ0) is 18.5. The molecule has 2 fully saturated rings. The van der Waals surface area contributed by atoms with Crippen LogP contribution in [0.25, 0.3) is 11.0 Å². The van der Waals surface area contributed by atoms with E-state index < -0.39 is 5.60 Å². The maximum absolute atomic E-state index is 13.0. The first-order valence-corrected chi connectivity index (χ1v) is 9.79. The molecular weight excluding hydrogens is 325 g/mol. The smallest absolute Gasteiger partial charge is 0.411 e. The van der Waals surface area contributed by atoms with Crippen molar-refractivity contribution in [1.82, 2.24) is 14.9 Å². The molecule has 138 valence electrons. The zero-order valence-electron chi connectivity index (χ0n) is 16.2. The molecule has 26 heavy (non-hydrogen) atoms. The molecule has 0 unspecified atom stereocenters. The lowest BCUT2D eigenvalue weighted by molar-refractivity contribution is 0.00953. The molecule has 1 saturated heterocycles. The van der Waals surface area contributed by atoms with Gasteiger partial charge >= 0.3 is 6.09 Å². The molecule has 2 aromatic rings. The van der Waals surface area contributed by atoms with Crippen LogP contribution in [0.15, 0.2) is 18.2 Å². The predicted molar refractivity (Wildman–Crippen MR) is 105 cm³/mol. The molecule has 1 aliphatic carbocycles. The fourth-order valence-electron chi connectivity index (χ4n) is 4.57. The van der Waals surface area contributed by atoms with Gasteiger partial charge in [-0.25, -0.2) is 9.78 Å². The number of H-pyrrole nitrogens is 1. The number of likely N-dealkylation sites (tertiary alicyclic amines) is 1. The number of aromatic amines is 1. The number of ether oxygens (including phenoxy) is 1. The quantitative estimate of drug-likeness (QED) is 0.802. The van der Waals surface area contributed by atoms with E-state index in [1.807, 2.05) is 25.7 Å². The van der Waals surface area contributed by atoms with Crippen LogP contribution >= 0.6 is 0 Å². The summed E-state index contributed by atoms with van der Waals surface area (Å²) in [4.78, 5) is 23.3. The number of nitrogens with one attached hydrogen (secondary N) is 1. The van der Waals surface area contributed by atoms with Crippen LogP contribution in [0.3, 0.4) is 0 Å². The molecule has 2 aliphatic rings. The summed E-state index contributed by atoms with van der Waals surface area (Å²) in [5.74, 6) is 1.45. The summed E-state index contributed by atoms with van der Waals surface area (Å²) in [7, 11) is 2.07. The Hall–Kier alpha value is -1.98. The normalized spacial score (nSPS) is 26.1. The van der Waals surface area contributed by atoms with Gasteiger partial charge in [0.2, 0.25) is 0 Å². The number of hydrogen-bond acceptors (Lipinski definition) is 3. The summed E-state index contributed by atoms with van der Waals surface area (Å²) >= 11 is 0. The Morgan fingerprint density at radius 2 is 2.08 bits per heavy atom. The molecule has 1 aromatic heterocycles. The van der Waals surface area contributed by atoms with Crippen molar-refractivity contribution in [3.05, 3.63) is 24.0 Å². The highest BCUT2D eigenvalue weighted by molar-refractivity contribution is 6.33. The first-order valence-electron chi connectivity index (χ1n) is 9.79. The molecule has 1 aromatic carbocycles. The van der Waals surface area contributed by atoms with E-state index in [0.29, 0.717) is 5.92 Å². The van der Waals surface area contributed by atoms with E-state index in [2.05, 4.69) is 31.0 Å². The lowest BCUT2D eigenvalue weighted by Gasteiger charge is -2.34. The minimum Gasteiger partial charge on any atom is -0.444 e. The van der Waals surface area contributed by atoms with Crippen LogP contribution < -0.4 is 5.46 Å². The Morgan fingerprint density at radius 3 is 2.85 bits per heavy atom. The molecule has 0 spiro atoms. The molecule has 1 aliphatic heterocycles. The second kappa shape index (κ2) is 6.32. The maximum Gasteiger partial charge on any atom is 0.411 e. The summed E-state index contributed by atoms with van der Waals surface area (Å²) < 4.78 is 5.76. The first kappa shape index (κ1) is 17.4. The molecule has 1 amide bonds. The van der Waals surface area contributed by atoms with Gasteiger partial charge in [0, 0.05) is 6.04 Å². The van der Waals surface area contributed by atoms with Gasteiger partial charge in [-0.1, -0.05) is 24.4 Å². The fraction of sp³-hybridized carbons (Fsp3) is 0.600. The highest BCUT2D eigenvalue weighted by Gasteiger charge is 2.47. The maximum atomic E-state index is 13.0. The standard InChI is InChI=1S/C20H28BN3O2/c1-20(2,3)26-19(25)24-16-7-5-4-6-12(16)10-17(24)18-22-14-9-8-13(21)11-15(14)23-18/h8-9,11-12,16-17H,4-7,10,21H2,1-3H3,(H,22,23)/t12-,16-,17-/m0/s1. The van der Waals surface area contributed by atoms with Crippen LogP contribution in [-0.4, -0.2) is 40.5 Å². The van der Waals surface area contributed by atoms with Crippen LogP contribution in [0.4, 0.5) is 4.79 Å². The van der Waals surface area contributed by atoms with Gasteiger partial charge < -0.3 is 9.72 Å². The minimum absolute atomic E-state index is 0.0225. The SMILES string of the molecule is Bc1ccc2[nH]c([C@@H]3C[C@@H]4CCCC[C@@H]4N3C(=O)OC(C)(C)C)nc2c1. The van der Waals surface area contributed by atoms with E-state index in [4.69, 9.17) is 9.72 Å². The van der Waals surface area contributed by atoms with Crippen molar-refractivity contribution in [3.63, 3.8) is 0 Å². The minimum atomic E-state index is -0.487. The van der Waals surface area contributed by atoms with Crippen LogP contribution in [0.5, 0.6) is 0 Å². The highest BCUT2D eigenvalue weighted by atomic mass is 16.6. The second-order valence-corrected chi connectivity index (χ2v) is 8.89. The molecule has 4 rings (SSSR count). The number of fused-ring (bicyclic) bond motifs is 2. The third kappa shape index (κ3) is 3.22. The number of aromatic nitrogens is 2. The molecule has 2 heterocycles. The van der Waals surface area contributed by atoms with Gasteiger partial charge in [-0.05, 0) is 58.1 Å². The number of imidazole rings is 1. The molecule has 1 saturated carbocycles. The number of carbonyl (C=O) groups excluding carboxylic acids is 1. The van der Waals surface area contributed by atoms with Gasteiger partial charge in [0.25, 0.3) is 0 Å². The van der Waals surface area contributed by atoms with Crippen LogP contribution in [0.2, 0.25) is 0 Å². The summed E-state index contributed by atoms with van der Waals surface area (Å²) in [6.45, 7) is 5.79. The largest absolute Gasteiger partial charge is 0.444 e. The Bertz CT molecular complexity index is 826. The Kier molecular flexibility index (Phi) is 4.24. The van der Waals surface area contributed by atoms with Crippen molar-refractivity contribution in [3.8, 4) is 0 Å². The fourth-order valence-corrected chi connectivity index (χ4v) is 4.57. The van der Waals surface area contributed by atoms with Gasteiger partial charge in [0.1, 0.15) is 19.3 Å². The predicted octanol–water partition coefficient (Wildman–Crippen LogP) is 3.06. The van der Waals surface area contributed by atoms with Gasteiger partial charge in [-0.3, -0.25) is 4.90 Å². The van der Waals surface area contributed by atoms with E-state index >= 15 is 0 Å². The summed E-state index contributed by atoms with van der Waals surface area (Å²) in [5, 5.41) is 0. The zero-order valence-corrected chi connectivity index (χ0v) is 16.2. The average Bonchev–Trinajstić information content (AvgIpc) is 3.13. The second-order valence-electron chi connectivity index (χ2n) is 8.89. The molecule has 3 atom stereocenters. The summed E-state index contributed by atoms with van der Waals surface area (Å²) in [5.41, 5.74) is 2.71. The van der Waals surface area contributed by atoms with Gasteiger partial charge in [0.15, 0.2) is 0 Å². The first-order chi connectivity index (χ1) is 12.3. The number of hydrogen-bond donors (Lipinski definition) is 1. The Labute approximate surface area is 155 Å². The number of carbonyl (C=O) groups is 1. The molecule has 6 heteroatoms. The van der Waals surface area contributed by atoms with Gasteiger partial charge in [-0.15, -0.1) is 0 Å². The van der Waals surface area contributed by atoms with Crippen molar-refractivity contribution < 1.29 is 9.53 Å². The molecule has 1 N–H and O–H groups in total. The van der Waals surface area contributed by atoms with Gasteiger partial charge in [0.05, 0.1) is 17.1 Å². The molecule has 0 bridgehead atoms. The third-order valence-electron chi connectivity index (χ3n) is 5.66. The molecular formula is C20H28BN3O2. The number of rotatable bonds is 1. The monoisotopic (exact) mass is 353 g/mol.